The van der Waals surface area contributed by atoms with E-state index >= 15 is 0 Å². The quantitative estimate of drug-likeness (QED) is 0.199. The van der Waals surface area contributed by atoms with Crippen LogP contribution in [0.4, 0.5) is 0 Å². The third kappa shape index (κ3) is 15.7. The molecule has 0 aromatic rings. The minimum atomic E-state index is -0.964. The number of unbranched alkanes of at least 4 members (excludes halogenated alkanes) is 6. The monoisotopic (exact) mass is 264 g/mol. The maximum absolute atomic E-state index is 10.7. The Kier molecular flexibility index (Phi) is 16.4. The number of hydrogen-bond donors (Lipinski definition) is 0. The molecule has 0 amide bonds. The molecule has 0 atom stereocenters. The van der Waals surface area contributed by atoms with E-state index in [2.05, 4.69) is 6.58 Å². The zero-order valence-electron chi connectivity index (χ0n) is 11.3. The predicted molar refractivity (Wildman–Crippen MR) is 63.1 cm³/mol. The van der Waals surface area contributed by atoms with E-state index in [4.69, 9.17) is 4.74 Å². The maximum atomic E-state index is 10.7. The maximum Gasteiger partial charge on any atom is 1.00 e. The third-order valence-corrected chi connectivity index (χ3v) is 2.44. The van der Waals surface area contributed by atoms with Gasteiger partial charge in [0.1, 0.15) is 0 Å². The molecule has 0 aromatic heterocycles. The summed E-state index contributed by atoms with van der Waals surface area (Å²) >= 11 is 0. The number of carbonyl (C=O) groups excluding carboxylic acids is 2. The van der Waals surface area contributed by atoms with Crippen LogP contribution in [0.1, 0.15) is 51.4 Å². The van der Waals surface area contributed by atoms with Gasteiger partial charge in [0, 0.05) is 12.0 Å². The van der Waals surface area contributed by atoms with Gasteiger partial charge in [-0.1, -0.05) is 38.7 Å². The van der Waals surface area contributed by atoms with Crippen molar-refractivity contribution in [1.29, 1.82) is 0 Å². The molecule has 5 heteroatoms. The van der Waals surface area contributed by atoms with Gasteiger partial charge in [-0.15, -0.1) is 0 Å². The summed E-state index contributed by atoms with van der Waals surface area (Å²) in [5.74, 6) is -1.33. The summed E-state index contributed by atoms with van der Waals surface area (Å²) in [5, 5.41) is 10.1. The molecule has 98 valence electrons. The first-order valence-corrected chi connectivity index (χ1v) is 6.16. The van der Waals surface area contributed by atoms with Crippen molar-refractivity contribution in [3.63, 3.8) is 0 Å². The van der Waals surface area contributed by atoms with Crippen LogP contribution in [-0.2, 0) is 14.3 Å². The van der Waals surface area contributed by atoms with Crippen molar-refractivity contribution in [3.05, 3.63) is 12.7 Å². The van der Waals surface area contributed by atoms with Crippen molar-refractivity contribution in [3.8, 4) is 0 Å². The molecule has 0 aliphatic carbocycles. The van der Waals surface area contributed by atoms with Crippen LogP contribution in [0.2, 0.25) is 0 Å². The third-order valence-electron chi connectivity index (χ3n) is 2.44. The van der Waals surface area contributed by atoms with Crippen molar-refractivity contribution >= 4 is 11.9 Å². The molecular weight excluding hydrogens is 243 g/mol. The Labute approximate surface area is 131 Å². The molecular formula is C13H21NaO4. The molecule has 0 radical (unpaired) electrons. The van der Waals surface area contributed by atoms with E-state index in [0.717, 1.165) is 44.6 Å². The van der Waals surface area contributed by atoms with Gasteiger partial charge >= 0.3 is 35.5 Å². The number of carbonyl (C=O) groups is 2. The van der Waals surface area contributed by atoms with Gasteiger partial charge in [0.2, 0.25) is 0 Å². The van der Waals surface area contributed by atoms with Crippen molar-refractivity contribution in [2.45, 2.75) is 51.4 Å². The smallest absolute Gasteiger partial charge is 0.550 e. The first-order chi connectivity index (χ1) is 8.16. The second-order valence-corrected chi connectivity index (χ2v) is 3.97. The van der Waals surface area contributed by atoms with Gasteiger partial charge in [-0.25, -0.2) is 4.79 Å². The SMILES string of the molecule is C=CC(=O)OCCCCCCCCCC(=O)[O-].[Na+]. The molecule has 0 heterocycles. The van der Waals surface area contributed by atoms with Crippen LogP contribution >= 0.6 is 0 Å². The summed E-state index contributed by atoms with van der Waals surface area (Å²) in [6.07, 6.45) is 8.14. The van der Waals surface area contributed by atoms with Crippen molar-refractivity contribution in [1.82, 2.24) is 0 Å². The molecule has 0 rings (SSSR count). The van der Waals surface area contributed by atoms with E-state index in [-0.39, 0.29) is 41.9 Å². The number of carboxylic acids is 1. The predicted octanol–water partition coefficient (Wildman–Crippen LogP) is -1.41. The molecule has 0 unspecified atom stereocenters. The van der Waals surface area contributed by atoms with E-state index in [1.165, 1.54) is 0 Å². The molecule has 0 aromatic carbocycles. The summed E-state index contributed by atoms with van der Waals surface area (Å²) < 4.78 is 4.83. The fourth-order valence-corrected chi connectivity index (χ4v) is 1.49. The van der Waals surface area contributed by atoms with Gasteiger partial charge in [-0.05, 0) is 19.3 Å². The van der Waals surface area contributed by atoms with Gasteiger partial charge in [0.05, 0.1) is 6.61 Å². The summed E-state index contributed by atoms with van der Waals surface area (Å²) in [4.78, 5) is 20.8. The normalized spacial score (nSPS) is 9.33. The second kappa shape index (κ2) is 14.7. The molecule has 0 saturated heterocycles. The summed E-state index contributed by atoms with van der Waals surface area (Å²) in [6.45, 7) is 3.76. The molecule has 4 nitrogen and oxygen atoms in total. The Morgan fingerprint density at radius 2 is 1.50 bits per heavy atom. The topological polar surface area (TPSA) is 66.4 Å². The average molecular weight is 264 g/mol. The number of carboxylic acid groups (broad SMARTS) is 1. The molecule has 0 saturated carbocycles. The van der Waals surface area contributed by atoms with Crippen LogP contribution in [0.15, 0.2) is 12.7 Å². The van der Waals surface area contributed by atoms with Crippen LogP contribution in [0, 0.1) is 0 Å². The van der Waals surface area contributed by atoms with Crippen LogP contribution in [0.25, 0.3) is 0 Å². The standard InChI is InChI=1S/C13H22O4.Na/c1-2-13(16)17-11-9-7-5-3-4-6-8-10-12(14)15;/h2H,1,3-11H2,(H,14,15);/q;+1/p-1. The first kappa shape index (κ1) is 20.0. The van der Waals surface area contributed by atoms with Gasteiger partial charge < -0.3 is 14.6 Å². The minimum absolute atomic E-state index is 0. The Hall–Kier alpha value is -0.320. The van der Waals surface area contributed by atoms with Gasteiger partial charge in [0.15, 0.2) is 0 Å². The zero-order chi connectivity index (χ0) is 12.9. The molecule has 0 spiro atoms. The van der Waals surface area contributed by atoms with Crippen molar-refractivity contribution in [2.75, 3.05) is 6.61 Å². The molecule has 0 fully saturated rings. The summed E-state index contributed by atoms with van der Waals surface area (Å²) in [7, 11) is 0. The Balaban J connectivity index is 0. The van der Waals surface area contributed by atoms with E-state index < -0.39 is 5.97 Å². The molecule has 0 N–H and O–H groups in total. The van der Waals surface area contributed by atoms with Crippen LogP contribution in [0.3, 0.4) is 0 Å². The average Bonchev–Trinajstić information content (AvgIpc) is 2.30. The zero-order valence-corrected chi connectivity index (χ0v) is 13.3. The fraction of sp³-hybridized carbons (Fsp3) is 0.692. The fourth-order valence-electron chi connectivity index (χ4n) is 1.49. The van der Waals surface area contributed by atoms with E-state index in [0.29, 0.717) is 13.0 Å². The minimum Gasteiger partial charge on any atom is -0.550 e. The van der Waals surface area contributed by atoms with E-state index in [9.17, 15) is 14.7 Å². The Morgan fingerprint density at radius 3 is 2.00 bits per heavy atom. The van der Waals surface area contributed by atoms with Gasteiger partial charge in [0.25, 0.3) is 0 Å². The van der Waals surface area contributed by atoms with Crippen LogP contribution in [0.5, 0.6) is 0 Å². The molecule has 18 heavy (non-hydrogen) atoms. The molecule has 0 aliphatic heterocycles. The number of aliphatic carboxylic acids is 1. The second-order valence-electron chi connectivity index (χ2n) is 3.97. The summed E-state index contributed by atoms with van der Waals surface area (Å²) in [6, 6.07) is 0. The van der Waals surface area contributed by atoms with Gasteiger partial charge in [-0.2, -0.15) is 0 Å². The van der Waals surface area contributed by atoms with Gasteiger partial charge in [-0.3, -0.25) is 0 Å². The largest absolute Gasteiger partial charge is 1.00 e. The van der Waals surface area contributed by atoms with Crippen LogP contribution < -0.4 is 34.7 Å². The van der Waals surface area contributed by atoms with E-state index in [1.54, 1.807) is 0 Å². The van der Waals surface area contributed by atoms with Crippen LogP contribution in [-0.4, -0.2) is 18.5 Å². The number of rotatable bonds is 11. The van der Waals surface area contributed by atoms with Crippen molar-refractivity contribution < 1.29 is 49.0 Å². The molecule has 0 aliphatic rings. The summed E-state index contributed by atoms with van der Waals surface area (Å²) in [5.41, 5.74) is 0. The number of hydrogen-bond acceptors (Lipinski definition) is 4. The first-order valence-electron chi connectivity index (χ1n) is 6.16. The van der Waals surface area contributed by atoms with Crippen molar-refractivity contribution in [2.24, 2.45) is 0 Å². The Morgan fingerprint density at radius 1 is 1.00 bits per heavy atom. The number of esters is 1. The Bertz CT molecular complexity index is 241. The molecule has 0 bridgehead atoms. The van der Waals surface area contributed by atoms with E-state index in [1.807, 2.05) is 0 Å². The number of ether oxygens (including phenoxy) is 1.